The van der Waals surface area contributed by atoms with Gasteiger partial charge in [0.05, 0.1) is 11.5 Å². The van der Waals surface area contributed by atoms with Gasteiger partial charge in [-0.3, -0.25) is 4.79 Å². The number of nitrogens with zero attached hydrogens (tertiary/aromatic N) is 2. The van der Waals surface area contributed by atoms with Crippen LogP contribution < -0.4 is 5.73 Å². The monoisotopic (exact) mass is 347 g/mol. The van der Waals surface area contributed by atoms with Crippen LogP contribution in [0.5, 0.6) is 0 Å². The first-order valence-corrected chi connectivity index (χ1v) is 7.87. The highest BCUT2D eigenvalue weighted by Gasteiger charge is 2.49. The van der Waals surface area contributed by atoms with E-state index in [2.05, 4.69) is 32.0 Å². The molecule has 1 aromatic rings. The summed E-state index contributed by atoms with van der Waals surface area (Å²) in [6.07, 6.45) is 1.34. The first-order chi connectivity index (χ1) is 9.90. The lowest BCUT2D eigenvalue weighted by atomic mass is 9.65. The number of ketones is 1. The maximum atomic E-state index is 12.6. The van der Waals surface area contributed by atoms with Crippen molar-refractivity contribution < 1.29 is 4.79 Å². The second-order valence-corrected chi connectivity index (χ2v) is 6.96. The lowest BCUT2D eigenvalue weighted by Gasteiger charge is -2.43. The summed E-state index contributed by atoms with van der Waals surface area (Å²) in [5, 5.41) is 0. The number of benzene rings is 1. The first kappa shape index (κ1) is 14.4. The van der Waals surface area contributed by atoms with Gasteiger partial charge >= 0.3 is 0 Å². The van der Waals surface area contributed by atoms with E-state index in [1.165, 1.54) is 5.56 Å². The third-order valence-corrected chi connectivity index (χ3v) is 5.20. The molecular formula is C16H18BrN3O. The predicted octanol–water partition coefficient (Wildman–Crippen LogP) is 3.06. The molecule has 0 bridgehead atoms. The van der Waals surface area contributed by atoms with E-state index in [4.69, 9.17) is 5.73 Å². The van der Waals surface area contributed by atoms with Gasteiger partial charge in [0.1, 0.15) is 5.78 Å². The number of Topliss-reactive ketones (excluding diaryl/α,β-unsaturated/α-hetero) is 1. The van der Waals surface area contributed by atoms with Crippen LogP contribution in [0.3, 0.4) is 0 Å². The Hall–Kier alpha value is -1.49. The van der Waals surface area contributed by atoms with Crippen LogP contribution in [0.25, 0.3) is 0 Å². The summed E-state index contributed by atoms with van der Waals surface area (Å²) < 4.78 is 1.04. The molecule has 1 saturated carbocycles. The molecule has 0 radical (unpaired) electrons. The van der Waals surface area contributed by atoms with Gasteiger partial charge in [0.25, 0.3) is 0 Å². The third kappa shape index (κ3) is 2.44. The number of hydrogen-bond donors (Lipinski definition) is 1. The highest BCUT2D eigenvalue weighted by molar-refractivity contribution is 9.10. The quantitative estimate of drug-likeness (QED) is 0.848. The van der Waals surface area contributed by atoms with E-state index in [0.29, 0.717) is 6.42 Å². The molecule has 1 aliphatic heterocycles. The molecule has 1 aromatic carbocycles. The number of hydrogen-bond acceptors (Lipinski definition) is 4. The molecule has 21 heavy (non-hydrogen) atoms. The van der Waals surface area contributed by atoms with Crippen molar-refractivity contribution >= 4 is 33.4 Å². The standard InChI is InChI=1S/C16H18BrN3O/c1-9-14-13(21)7-10(11-5-3-4-6-12(11)17)8-16(14,2)20-15(18)19-9/h3-6,10,14H,7-8H2,1-2H3,(H2,18,20). The summed E-state index contributed by atoms with van der Waals surface area (Å²) in [7, 11) is 0. The SMILES string of the molecule is CC1=NC(N)=NC2(C)CC(c3ccccc3Br)CC(=O)C12. The molecule has 3 rings (SSSR count). The van der Waals surface area contributed by atoms with Crippen molar-refractivity contribution in [1.82, 2.24) is 0 Å². The maximum Gasteiger partial charge on any atom is 0.215 e. The van der Waals surface area contributed by atoms with E-state index in [-0.39, 0.29) is 23.6 Å². The molecule has 0 saturated heterocycles. The van der Waals surface area contributed by atoms with E-state index in [1.807, 2.05) is 32.0 Å². The number of rotatable bonds is 1. The molecule has 1 aliphatic carbocycles. The van der Waals surface area contributed by atoms with E-state index in [9.17, 15) is 4.79 Å². The second kappa shape index (κ2) is 5.05. The average Bonchev–Trinajstić information content (AvgIpc) is 2.36. The predicted molar refractivity (Wildman–Crippen MR) is 87.8 cm³/mol. The van der Waals surface area contributed by atoms with Crippen LogP contribution in [-0.4, -0.2) is 23.0 Å². The van der Waals surface area contributed by atoms with Gasteiger partial charge in [0, 0.05) is 16.6 Å². The Morgan fingerprint density at radius 1 is 1.38 bits per heavy atom. The van der Waals surface area contributed by atoms with Crippen LogP contribution in [0.2, 0.25) is 0 Å². The molecule has 0 spiro atoms. The molecule has 0 aromatic heterocycles. The maximum absolute atomic E-state index is 12.6. The zero-order chi connectivity index (χ0) is 15.2. The normalized spacial score (nSPS) is 32.2. The van der Waals surface area contributed by atoms with Gasteiger partial charge in [-0.2, -0.15) is 0 Å². The molecule has 3 atom stereocenters. The molecule has 1 heterocycles. The van der Waals surface area contributed by atoms with Gasteiger partial charge in [-0.05, 0) is 37.8 Å². The largest absolute Gasteiger partial charge is 0.368 e. The van der Waals surface area contributed by atoms with Gasteiger partial charge < -0.3 is 5.73 Å². The molecule has 1 fully saturated rings. The molecule has 0 amide bonds. The van der Waals surface area contributed by atoms with E-state index < -0.39 is 5.54 Å². The van der Waals surface area contributed by atoms with Crippen LogP contribution in [0.1, 0.15) is 38.2 Å². The van der Waals surface area contributed by atoms with Crippen LogP contribution in [-0.2, 0) is 4.79 Å². The van der Waals surface area contributed by atoms with Gasteiger partial charge in [0.15, 0.2) is 0 Å². The van der Waals surface area contributed by atoms with Gasteiger partial charge in [0.2, 0.25) is 5.96 Å². The molecule has 2 aliphatic rings. The summed E-state index contributed by atoms with van der Waals surface area (Å²) in [4.78, 5) is 21.3. The number of carbonyl (C=O) groups excluding carboxylic acids is 1. The number of aliphatic imine (C=N–C) groups is 2. The van der Waals surface area contributed by atoms with Gasteiger partial charge in [-0.1, -0.05) is 34.1 Å². The van der Waals surface area contributed by atoms with E-state index in [1.54, 1.807) is 0 Å². The molecule has 2 N–H and O–H groups in total. The van der Waals surface area contributed by atoms with E-state index >= 15 is 0 Å². The summed E-state index contributed by atoms with van der Waals surface area (Å²) >= 11 is 3.59. The Kier molecular flexibility index (Phi) is 3.48. The summed E-state index contributed by atoms with van der Waals surface area (Å²) in [5.41, 5.74) is 7.30. The lowest BCUT2D eigenvalue weighted by Crippen LogP contribution is -2.51. The fourth-order valence-corrected chi connectivity index (χ4v) is 4.36. The van der Waals surface area contributed by atoms with Crippen molar-refractivity contribution in [2.45, 2.75) is 38.1 Å². The minimum Gasteiger partial charge on any atom is -0.368 e. The fraction of sp³-hybridized carbons (Fsp3) is 0.438. The lowest BCUT2D eigenvalue weighted by molar-refractivity contribution is -0.124. The highest BCUT2D eigenvalue weighted by Crippen LogP contribution is 2.45. The van der Waals surface area contributed by atoms with Gasteiger partial charge in [-0.15, -0.1) is 0 Å². The Bertz CT molecular complexity index is 667. The average molecular weight is 348 g/mol. The smallest absolute Gasteiger partial charge is 0.215 e. The summed E-state index contributed by atoms with van der Waals surface area (Å²) in [6.45, 7) is 3.89. The van der Waals surface area contributed by atoms with Crippen molar-refractivity contribution in [3.8, 4) is 0 Å². The minimum atomic E-state index is -0.481. The minimum absolute atomic E-state index is 0.164. The second-order valence-electron chi connectivity index (χ2n) is 6.11. The van der Waals surface area contributed by atoms with Crippen molar-refractivity contribution in [1.29, 1.82) is 0 Å². The van der Waals surface area contributed by atoms with Crippen LogP contribution in [0.4, 0.5) is 0 Å². The van der Waals surface area contributed by atoms with Crippen molar-refractivity contribution in [3.63, 3.8) is 0 Å². The summed E-state index contributed by atoms with van der Waals surface area (Å²) in [5.74, 6) is 0.425. The number of fused-ring (bicyclic) bond motifs is 1. The third-order valence-electron chi connectivity index (χ3n) is 4.47. The Labute approximate surface area is 132 Å². The summed E-state index contributed by atoms with van der Waals surface area (Å²) in [6, 6.07) is 8.07. The zero-order valence-electron chi connectivity index (χ0n) is 12.1. The Balaban J connectivity index is 2.00. The zero-order valence-corrected chi connectivity index (χ0v) is 13.7. The number of nitrogens with two attached hydrogens (primary N) is 1. The molecule has 3 unspecified atom stereocenters. The molecule has 4 nitrogen and oxygen atoms in total. The Morgan fingerprint density at radius 2 is 2.10 bits per heavy atom. The van der Waals surface area contributed by atoms with Crippen molar-refractivity contribution in [3.05, 3.63) is 34.3 Å². The molecule has 110 valence electrons. The molecular weight excluding hydrogens is 330 g/mol. The highest BCUT2D eigenvalue weighted by atomic mass is 79.9. The van der Waals surface area contributed by atoms with Crippen LogP contribution in [0.15, 0.2) is 38.7 Å². The van der Waals surface area contributed by atoms with Crippen molar-refractivity contribution in [2.75, 3.05) is 0 Å². The first-order valence-electron chi connectivity index (χ1n) is 7.08. The van der Waals surface area contributed by atoms with Crippen molar-refractivity contribution in [2.24, 2.45) is 21.6 Å². The number of halogens is 1. The molecule has 5 heteroatoms. The van der Waals surface area contributed by atoms with E-state index in [0.717, 1.165) is 16.6 Å². The van der Waals surface area contributed by atoms with Crippen LogP contribution in [0, 0.1) is 5.92 Å². The number of carbonyl (C=O) groups is 1. The van der Waals surface area contributed by atoms with Crippen LogP contribution >= 0.6 is 15.9 Å². The van der Waals surface area contributed by atoms with Gasteiger partial charge in [-0.25, -0.2) is 9.98 Å². The fourth-order valence-electron chi connectivity index (χ4n) is 3.75. The Morgan fingerprint density at radius 3 is 2.81 bits per heavy atom. The topological polar surface area (TPSA) is 67.8 Å². The number of guanidine groups is 1.